The van der Waals surface area contributed by atoms with Crippen LogP contribution in [0.3, 0.4) is 0 Å². The second-order valence-electron chi connectivity index (χ2n) is 7.00. The van der Waals surface area contributed by atoms with Crippen molar-refractivity contribution in [2.45, 2.75) is 12.4 Å². The topological polar surface area (TPSA) is 75.5 Å². The summed E-state index contributed by atoms with van der Waals surface area (Å²) < 4.78 is 0.995. The lowest BCUT2D eigenvalue weighted by atomic mass is 10.1. The first kappa shape index (κ1) is 21.6. The summed E-state index contributed by atoms with van der Waals surface area (Å²) >= 11 is 5.90. The Balaban J connectivity index is 1.65. The van der Waals surface area contributed by atoms with E-state index in [4.69, 9.17) is 0 Å². The fourth-order valence-electron chi connectivity index (χ4n) is 3.23. The molecular weight excluding hydrogens is 498 g/mol. The number of benzene rings is 2. The van der Waals surface area contributed by atoms with Gasteiger partial charge in [-0.3, -0.25) is 14.9 Å². The zero-order valence-corrected chi connectivity index (χ0v) is 19.9. The van der Waals surface area contributed by atoms with Gasteiger partial charge in [-0.2, -0.15) is 0 Å². The molecule has 1 atom stereocenters. The summed E-state index contributed by atoms with van der Waals surface area (Å²) in [6.07, 6.45) is 0. The Hall–Kier alpha value is -2.62. The van der Waals surface area contributed by atoms with Gasteiger partial charge in [-0.15, -0.1) is 0 Å². The third kappa shape index (κ3) is 4.53. The molecule has 4 rings (SSSR count). The van der Waals surface area contributed by atoms with Crippen LogP contribution >= 0.6 is 39.0 Å². The van der Waals surface area contributed by atoms with Crippen molar-refractivity contribution in [3.63, 3.8) is 0 Å². The van der Waals surface area contributed by atoms with Crippen molar-refractivity contribution in [1.29, 1.82) is 0 Å². The number of thiophene rings is 1. The Kier molecular flexibility index (Phi) is 6.17. The van der Waals surface area contributed by atoms with Gasteiger partial charge in [0, 0.05) is 22.5 Å². The highest BCUT2D eigenvalue weighted by Gasteiger charge is 2.33. The summed E-state index contributed by atoms with van der Waals surface area (Å²) in [5, 5.41) is 13.9. The summed E-state index contributed by atoms with van der Waals surface area (Å²) in [7, 11) is 1.94. The molecule has 9 heteroatoms. The summed E-state index contributed by atoms with van der Waals surface area (Å²) in [6.45, 7) is 2.05. The van der Waals surface area contributed by atoms with Gasteiger partial charge in [0.15, 0.2) is 5.50 Å². The van der Waals surface area contributed by atoms with Crippen LogP contribution in [0, 0.1) is 17.0 Å². The largest absolute Gasteiger partial charge is 0.344 e. The average molecular weight is 516 g/mol. The van der Waals surface area contributed by atoms with Crippen molar-refractivity contribution >= 4 is 60.5 Å². The lowest BCUT2D eigenvalue weighted by molar-refractivity contribution is -0.380. The molecule has 0 saturated heterocycles. The van der Waals surface area contributed by atoms with E-state index in [2.05, 4.69) is 45.5 Å². The molecule has 158 valence electrons. The van der Waals surface area contributed by atoms with Gasteiger partial charge in [0.2, 0.25) is 0 Å². The minimum Gasteiger partial charge on any atom is -0.344 e. The fraction of sp³-hybridized carbons (Fsp3) is 0.136. The molecule has 1 amide bonds. The Labute approximate surface area is 196 Å². The second-order valence-corrected chi connectivity index (χ2v) is 10.1. The summed E-state index contributed by atoms with van der Waals surface area (Å²) in [6, 6.07) is 19.2. The SMILES string of the molecule is Cc1ccc(C2=C(c3ccc(Br)cc3)SC(NC(=O)c3ccc([N+](=O)[O-])s3)N2C)cc1. The second kappa shape index (κ2) is 8.86. The van der Waals surface area contributed by atoms with Crippen LogP contribution in [0.5, 0.6) is 0 Å². The van der Waals surface area contributed by atoms with Crippen molar-refractivity contribution in [3.8, 4) is 0 Å². The van der Waals surface area contributed by atoms with Gasteiger partial charge in [0.05, 0.1) is 15.5 Å². The molecule has 6 nitrogen and oxygen atoms in total. The molecule has 1 N–H and O–H groups in total. The van der Waals surface area contributed by atoms with E-state index >= 15 is 0 Å². The molecule has 1 aromatic heterocycles. The maximum atomic E-state index is 12.8. The summed E-state index contributed by atoms with van der Waals surface area (Å²) in [5.74, 6) is -0.331. The number of nitrogens with zero attached hydrogens (tertiary/aromatic N) is 2. The van der Waals surface area contributed by atoms with Crippen molar-refractivity contribution in [2.24, 2.45) is 0 Å². The molecule has 2 aromatic carbocycles. The van der Waals surface area contributed by atoms with Crippen molar-refractivity contribution in [3.05, 3.63) is 96.8 Å². The predicted octanol–water partition coefficient (Wildman–Crippen LogP) is 5.95. The van der Waals surface area contributed by atoms with E-state index < -0.39 is 4.92 Å². The molecule has 0 spiro atoms. The van der Waals surface area contributed by atoms with Crippen LogP contribution in [0.1, 0.15) is 26.4 Å². The van der Waals surface area contributed by atoms with E-state index in [1.165, 1.54) is 17.7 Å². The molecule has 0 bridgehead atoms. The maximum absolute atomic E-state index is 12.8. The smallest absolute Gasteiger partial charge is 0.324 e. The zero-order chi connectivity index (χ0) is 22.1. The highest BCUT2D eigenvalue weighted by Crippen LogP contribution is 2.46. The number of thioether (sulfide) groups is 1. The number of aryl methyl sites for hydroxylation is 1. The van der Waals surface area contributed by atoms with Gasteiger partial charge in [0.25, 0.3) is 5.91 Å². The fourth-order valence-corrected chi connectivity index (χ4v) is 5.52. The maximum Gasteiger partial charge on any atom is 0.324 e. The molecule has 1 aliphatic heterocycles. The summed E-state index contributed by atoms with van der Waals surface area (Å²) in [5.41, 5.74) is 3.96. The molecule has 0 fully saturated rings. The highest BCUT2D eigenvalue weighted by atomic mass is 79.9. The van der Waals surface area contributed by atoms with Gasteiger partial charge in [0.1, 0.15) is 0 Å². The van der Waals surface area contributed by atoms with Gasteiger partial charge in [-0.05, 0) is 36.2 Å². The number of rotatable bonds is 5. The number of nitrogens with one attached hydrogen (secondary N) is 1. The molecular formula is C22H18BrN3O3S2. The van der Waals surface area contributed by atoms with Crippen LogP contribution in [0.25, 0.3) is 10.6 Å². The number of carbonyl (C=O) groups excluding carboxylic acids is 1. The van der Waals surface area contributed by atoms with Gasteiger partial charge >= 0.3 is 5.00 Å². The summed E-state index contributed by atoms with van der Waals surface area (Å²) in [4.78, 5) is 26.6. The van der Waals surface area contributed by atoms with E-state index in [-0.39, 0.29) is 16.4 Å². The Bertz CT molecular complexity index is 1170. The van der Waals surface area contributed by atoms with Crippen LogP contribution in [0.4, 0.5) is 5.00 Å². The van der Waals surface area contributed by atoms with Crippen LogP contribution in [0.15, 0.2) is 65.1 Å². The number of hydrogen-bond acceptors (Lipinski definition) is 6. The quantitative estimate of drug-likeness (QED) is 0.335. The first-order valence-corrected chi connectivity index (χ1v) is 11.8. The molecule has 1 unspecified atom stereocenters. The Morgan fingerprint density at radius 2 is 1.71 bits per heavy atom. The molecule has 0 aliphatic carbocycles. The molecule has 1 aliphatic rings. The molecule has 0 radical (unpaired) electrons. The molecule has 2 heterocycles. The number of carbonyl (C=O) groups is 1. The van der Waals surface area contributed by atoms with E-state index in [9.17, 15) is 14.9 Å². The number of halogens is 1. The number of amides is 1. The standard InChI is InChI=1S/C22H18BrN3O3S2/c1-13-3-5-14(6-4-13)19-20(15-7-9-16(23)10-8-15)31-22(25(19)2)24-21(27)17-11-12-18(30-17)26(28)29/h3-12,22H,1-2H3,(H,24,27). The van der Waals surface area contributed by atoms with Crippen molar-refractivity contribution < 1.29 is 9.72 Å². The van der Waals surface area contributed by atoms with E-state index in [1.54, 1.807) is 11.8 Å². The van der Waals surface area contributed by atoms with Crippen LogP contribution in [-0.4, -0.2) is 28.3 Å². The lowest BCUT2D eigenvalue weighted by Gasteiger charge is -2.25. The van der Waals surface area contributed by atoms with Crippen LogP contribution in [0.2, 0.25) is 0 Å². The predicted molar refractivity (Wildman–Crippen MR) is 130 cm³/mol. The minimum atomic E-state index is -0.486. The Morgan fingerprint density at radius 1 is 1.06 bits per heavy atom. The number of nitro groups is 1. The van der Waals surface area contributed by atoms with E-state index in [0.29, 0.717) is 4.88 Å². The van der Waals surface area contributed by atoms with Crippen molar-refractivity contribution in [2.75, 3.05) is 7.05 Å². The monoisotopic (exact) mass is 515 g/mol. The number of hydrogen-bond donors (Lipinski definition) is 1. The normalized spacial score (nSPS) is 16.0. The third-order valence-electron chi connectivity index (χ3n) is 4.83. The Morgan fingerprint density at radius 3 is 2.32 bits per heavy atom. The average Bonchev–Trinajstić information content (AvgIpc) is 3.36. The lowest BCUT2D eigenvalue weighted by Crippen LogP contribution is -2.40. The first-order chi connectivity index (χ1) is 14.8. The van der Waals surface area contributed by atoms with Crippen LogP contribution < -0.4 is 5.32 Å². The molecule has 3 aromatic rings. The van der Waals surface area contributed by atoms with Gasteiger partial charge in [-0.25, -0.2) is 0 Å². The molecule has 0 saturated carbocycles. The van der Waals surface area contributed by atoms with Gasteiger partial charge < -0.3 is 10.2 Å². The molecule has 31 heavy (non-hydrogen) atoms. The first-order valence-electron chi connectivity index (χ1n) is 9.35. The third-order valence-corrected chi connectivity index (χ3v) is 7.72. The zero-order valence-electron chi connectivity index (χ0n) is 16.7. The van der Waals surface area contributed by atoms with Gasteiger partial charge in [-0.1, -0.05) is 81.0 Å². The van der Waals surface area contributed by atoms with Crippen molar-refractivity contribution in [1.82, 2.24) is 10.2 Å². The van der Waals surface area contributed by atoms with Crippen LogP contribution in [-0.2, 0) is 0 Å². The van der Waals surface area contributed by atoms with E-state index in [1.807, 2.05) is 43.1 Å². The minimum absolute atomic E-state index is 0.0494. The van der Waals surface area contributed by atoms with E-state index in [0.717, 1.165) is 37.5 Å². The highest BCUT2D eigenvalue weighted by molar-refractivity contribution is 9.10.